The van der Waals surface area contributed by atoms with Crippen molar-refractivity contribution in [1.82, 2.24) is 4.98 Å². The Morgan fingerprint density at radius 3 is 2.89 bits per heavy atom. The SMILES string of the molecule is NCCCCCC(=O)Nc1cccc2ncccc12. The van der Waals surface area contributed by atoms with Crippen molar-refractivity contribution >= 4 is 22.5 Å². The Bertz CT molecular complexity index is 549. The number of nitrogens with one attached hydrogen (secondary N) is 1. The van der Waals surface area contributed by atoms with E-state index in [1.807, 2.05) is 30.3 Å². The van der Waals surface area contributed by atoms with Crippen molar-refractivity contribution in [3.63, 3.8) is 0 Å². The Morgan fingerprint density at radius 2 is 2.05 bits per heavy atom. The Balaban J connectivity index is 1.99. The predicted molar refractivity (Wildman–Crippen MR) is 77.9 cm³/mol. The first-order chi connectivity index (χ1) is 9.31. The minimum absolute atomic E-state index is 0.0494. The van der Waals surface area contributed by atoms with Gasteiger partial charge in [0.05, 0.1) is 11.2 Å². The van der Waals surface area contributed by atoms with Crippen LogP contribution in [0.25, 0.3) is 10.9 Å². The molecule has 0 atom stereocenters. The standard InChI is InChI=1S/C15H19N3O/c16-10-3-1-2-9-15(19)18-14-8-4-7-13-12(14)6-5-11-17-13/h4-8,11H,1-3,9-10,16H2,(H,18,19). The number of carbonyl (C=O) groups is 1. The molecule has 3 N–H and O–H groups in total. The number of fused-ring (bicyclic) bond motifs is 1. The number of nitrogens with zero attached hydrogens (tertiary/aromatic N) is 1. The Labute approximate surface area is 113 Å². The molecule has 0 saturated heterocycles. The fraction of sp³-hybridized carbons (Fsp3) is 0.333. The molecule has 0 saturated carbocycles. The van der Waals surface area contributed by atoms with Gasteiger partial charge in [-0.3, -0.25) is 9.78 Å². The van der Waals surface area contributed by atoms with E-state index in [2.05, 4.69) is 10.3 Å². The maximum Gasteiger partial charge on any atom is 0.224 e. The maximum atomic E-state index is 11.9. The van der Waals surface area contributed by atoms with Crippen molar-refractivity contribution in [3.8, 4) is 0 Å². The Morgan fingerprint density at radius 1 is 1.16 bits per heavy atom. The lowest BCUT2D eigenvalue weighted by atomic mass is 10.1. The molecule has 4 heteroatoms. The number of unbranched alkanes of at least 4 members (excludes halogenated alkanes) is 2. The summed E-state index contributed by atoms with van der Waals surface area (Å²) in [6, 6.07) is 9.58. The van der Waals surface area contributed by atoms with E-state index in [9.17, 15) is 4.79 Å². The van der Waals surface area contributed by atoms with E-state index >= 15 is 0 Å². The zero-order valence-corrected chi connectivity index (χ0v) is 10.9. The number of amides is 1. The minimum Gasteiger partial charge on any atom is -0.330 e. The number of carbonyl (C=O) groups excluding carboxylic acids is 1. The summed E-state index contributed by atoms with van der Waals surface area (Å²) < 4.78 is 0. The second-order valence-corrected chi connectivity index (χ2v) is 4.52. The molecule has 19 heavy (non-hydrogen) atoms. The Hall–Kier alpha value is -1.94. The zero-order chi connectivity index (χ0) is 13.5. The highest BCUT2D eigenvalue weighted by Crippen LogP contribution is 2.21. The highest BCUT2D eigenvalue weighted by Gasteiger charge is 2.05. The molecule has 2 rings (SSSR count). The van der Waals surface area contributed by atoms with E-state index < -0.39 is 0 Å². The zero-order valence-electron chi connectivity index (χ0n) is 10.9. The number of hydrogen-bond donors (Lipinski definition) is 2. The normalized spacial score (nSPS) is 10.6. The number of benzene rings is 1. The molecule has 1 heterocycles. The van der Waals surface area contributed by atoms with Crippen LogP contribution in [0.3, 0.4) is 0 Å². The van der Waals surface area contributed by atoms with Gasteiger partial charge in [-0.15, -0.1) is 0 Å². The summed E-state index contributed by atoms with van der Waals surface area (Å²) in [4.78, 5) is 16.1. The molecule has 4 nitrogen and oxygen atoms in total. The van der Waals surface area contributed by atoms with Crippen LogP contribution < -0.4 is 11.1 Å². The van der Waals surface area contributed by atoms with E-state index in [1.54, 1.807) is 6.20 Å². The highest BCUT2D eigenvalue weighted by molar-refractivity contribution is 6.00. The molecule has 1 amide bonds. The van der Waals surface area contributed by atoms with E-state index in [0.29, 0.717) is 13.0 Å². The number of anilines is 1. The van der Waals surface area contributed by atoms with Gasteiger partial charge in [-0.25, -0.2) is 0 Å². The maximum absolute atomic E-state index is 11.9. The summed E-state index contributed by atoms with van der Waals surface area (Å²) >= 11 is 0. The van der Waals surface area contributed by atoms with Gasteiger partial charge in [-0.2, -0.15) is 0 Å². The van der Waals surface area contributed by atoms with Crippen LogP contribution in [0, 0.1) is 0 Å². The third-order valence-electron chi connectivity index (χ3n) is 3.03. The molecule has 0 aliphatic heterocycles. The van der Waals surface area contributed by atoms with Crippen molar-refractivity contribution in [3.05, 3.63) is 36.5 Å². The number of aromatic nitrogens is 1. The summed E-state index contributed by atoms with van der Waals surface area (Å²) in [5.41, 5.74) is 7.14. The van der Waals surface area contributed by atoms with E-state index in [4.69, 9.17) is 5.73 Å². The predicted octanol–water partition coefficient (Wildman–Crippen LogP) is 2.69. The molecule has 1 aromatic carbocycles. The summed E-state index contributed by atoms with van der Waals surface area (Å²) in [6.45, 7) is 0.691. The smallest absolute Gasteiger partial charge is 0.224 e. The highest BCUT2D eigenvalue weighted by atomic mass is 16.1. The van der Waals surface area contributed by atoms with Crippen LogP contribution in [0.4, 0.5) is 5.69 Å². The summed E-state index contributed by atoms with van der Waals surface area (Å²) in [6.07, 6.45) is 5.15. The average Bonchev–Trinajstić information content (AvgIpc) is 2.44. The largest absolute Gasteiger partial charge is 0.330 e. The van der Waals surface area contributed by atoms with Gasteiger partial charge in [-0.1, -0.05) is 12.5 Å². The number of nitrogens with two attached hydrogens (primary N) is 1. The quantitative estimate of drug-likeness (QED) is 0.782. The topological polar surface area (TPSA) is 68.0 Å². The first-order valence-corrected chi connectivity index (χ1v) is 6.65. The van der Waals surface area contributed by atoms with E-state index in [1.165, 1.54) is 0 Å². The number of rotatable bonds is 6. The van der Waals surface area contributed by atoms with Gasteiger partial charge in [0, 0.05) is 18.0 Å². The van der Waals surface area contributed by atoms with Crippen LogP contribution in [0.5, 0.6) is 0 Å². The van der Waals surface area contributed by atoms with Gasteiger partial charge in [0.1, 0.15) is 0 Å². The third kappa shape index (κ3) is 3.76. The molecular weight excluding hydrogens is 238 g/mol. The van der Waals surface area contributed by atoms with Gasteiger partial charge in [0.2, 0.25) is 5.91 Å². The molecule has 0 aliphatic rings. The van der Waals surface area contributed by atoms with Crippen LogP contribution >= 0.6 is 0 Å². The van der Waals surface area contributed by atoms with Crippen molar-refractivity contribution in [2.75, 3.05) is 11.9 Å². The number of pyridine rings is 1. The van der Waals surface area contributed by atoms with Crippen molar-refractivity contribution < 1.29 is 4.79 Å². The lowest BCUT2D eigenvalue weighted by molar-refractivity contribution is -0.116. The molecule has 0 fully saturated rings. The monoisotopic (exact) mass is 257 g/mol. The fourth-order valence-corrected chi connectivity index (χ4v) is 2.03. The van der Waals surface area contributed by atoms with Gasteiger partial charge >= 0.3 is 0 Å². The van der Waals surface area contributed by atoms with Crippen molar-refractivity contribution in [1.29, 1.82) is 0 Å². The second-order valence-electron chi connectivity index (χ2n) is 4.52. The number of hydrogen-bond acceptors (Lipinski definition) is 3. The van der Waals surface area contributed by atoms with Crippen LogP contribution in [0.1, 0.15) is 25.7 Å². The molecule has 0 radical (unpaired) electrons. The third-order valence-corrected chi connectivity index (χ3v) is 3.03. The summed E-state index contributed by atoms with van der Waals surface area (Å²) in [5, 5.41) is 3.92. The summed E-state index contributed by atoms with van der Waals surface area (Å²) in [7, 11) is 0. The summed E-state index contributed by atoms with van der Waals surface area (Å²) in [5.74, 6) is 0.0494. The molecule has 2 aromatic rings. The molecule has 1 aromatic heterocycles. The Kier molecular flexibility index (Phi) is 4.86. The lowest BCUT2D eigenvalue weighted by Gasteiger charge is -2.08. The first kappa shape index (κ1) is 13.5. The van der Waals surface area contributed by atoms with E-state index in [-0.39, 0.29) is 5.91 Å². The van der Waals surface area contributed by atoms with Crippen LogP contribution in [-0.2, 0) is 4.79 Å². The van der Waals surface area contributed by atoms with Gasteiger partial charge in [0.25, 0.3) is 0 Å². The first-order valence-electron chi connectivity index (χ1n) is 6.65. The van der Waals surface area contributed by atoms with Crippen molar-refractivity contribution in [2.45, 2.75) is 25.7 Å². The van der Waals surface area contributed by atoms with Crippen LogP contribution in [-0.4, -0.2) is 17.4 Å². The molecule has 0 bridgehead atoms. The fourth-order valence-electron chi connectivity index (χ4n) is 2.03. The van der Waals surface area contributed by atoms with Crippen LogP contribution in [0.15, 0.2) is 36.5 Å². The molecule has 0 spiro atoms. The van der Waals surface area contributed by atoms with Gasteiger partial charge in [0.15, 0.2) is 0 Å². The van der Waals surface area contributed by atoms with Gasteiger partial charge in [-0.05, 0) is 43.7 Å². The second kappa shape index (κ2) is 6.85. The molecule has 0 unspecified atom stereocenters. The molecular formula is C15H19N3O. The minimum atomic E-state index is 0.0494. The molecule has 0 aliphatic carbocycles. The molecule has 100 valence electrons. The van der Waals surface area contributed by atoms with Crippen LogP contribution in [0.2, 0.25) is 0 Å². The van der Waals surface area contributed by atoms with E-state index in [0.717, 1.165) is 35.9 Å². The van der Waals surface area contributed by atoms with Crippen molar-refractivity contribution in [2.24, 2.45) is 5.73 Å². The lowest BCUT2D eigenvalue weighted by Crippen LogP contribution is -2.11. The van der Waals surface area contributed by atoms with Gasteiger partial charge < -0.3 is 11.1 Å². The average molecular weight is 257 g/mol.